The molecule has 0 atom stereocenters. The number of carbonyl (C=O) groups is 3. The molecular weight excluding hydrogens is 1520 g/mol. The fraction of sp³-hybridized carbons (Fsp3) is 0.194. The first-order valence-corrected chi connectivity index (χ1v) is 23.5. The summed E-state index contributed by atoms with van der Waals surface area (Å²) in [4.78, 5) is 44.1. The number of nitrogens with zero attached hydrogens (tertiary/aromatic N) is 3. The Morgan fingerprint density at radius 3 is 1.08 bits per heavy atom. The SMILES string of the molecule is C.C.C.CC(=O)C=C(C)O.CC(=O)C=C(C)O.CC(=O)C=C(C)O.Cc1[c-]c(-c2ccc3ccc(C)cc3n2)cc(C)c1.Cc1ccc2ccc(-c3[c-]cccc3)nc2c1.[Ir].[Ir].[Ir].[c-]1ccccc1-c1ccc2ccccc2n1. The molecule has 0 unspecified atom stereocenters. The van der Waals surface area contributed by atoms with Crippen LogP contribution in [-0.4, -0.2) is 47.6 Å². The van der Waals surface area contributed by atoms with Gasteiger partial charge in [-0.25, -0.2) is 0 Å². The van der Waals surface area contributed by atoms with Gasteiger partial charge in [0.05, 0.1) is 33.8 Å². The van der Waals surface area contributed by atoms with Gasteiger partial charge in [0.15, 0.2) is 17.3 Å². The molecule has 423 valence electrons. The van der Waals surface area contributed by atoms with Crippen LogP contribution in [0.5, 0.6) is 0 Å². The zero-order valence-electron chi connectivity index (χ0n) is 44.2. The Kier molecular flexibility index (Phi) is 38.2. The molecule has 3 aromatic heterocycles. The number of benzene rings is 6. The van der Waals surface area contributed by atoms with E-state index in [0.29, 0.717) is 0 Å². The number of pyridine rings is 3. The molecule has 0 aliphatic carbocycles. The Morgan fingerprint density at radius 1 is 0.392 bits per heavy atom. The Hall–Kier alpha value is -6.87. The average molecular weight is 1590 g/mol. The standard InChI is InChI=1S/C18H16N.C16H12N.C15H10N.3C5H8O2.3CH4.3Ir/c1-12-4-5-15-6-7-17(19-18(15)11-12)16-9-13(2)8-14(3)10-16;1-12-7-8-14-9-10-15(17-16(14)11-12)13-5-3-2-4-6-13;1-2-6-12(7-3-1)15-11-10-13-8-4-5-9-14(13)16-15;3*1-4(6)3-5(2)7;;;;;;/h4-9,11H,1-3H3;2-5,7-11H,1H3;1-6,8-11H;3*3,6H,1-2H3;3*1H4;;;/q3*-1;;;;;;;;;. The molecule has 0 saturated carbocycles. The van der Waals surface area contributed by atoms with Gasteiger partial charge in [0.25, 0.3) is 0 Å². The second-order valence-corrected chi connectivity index (χ2v) is 17.2. The number of carbonyl (C=O) groups excluding carboxylic acids is 3. The molecule has 12 heteroatoms. The molecule has 0 bridgehead atoms. The van der Waals surface area contributed by atoms with Crippen LogP contribution in [0.3, 0.4) is 0 Å². The number of para-hydroxylation sites is 1. The zero-order valence-corrected chi connectivity index (χ0v) is 51.3. The van der Waals surface area contributed by atoms with Crippen LogP contribution >= 0.6 is 0 Å². The van der Waals surface area contributed by atoms with E-state index in [0.717, 1.165) is 55.9 Å². The van der Waals surface area contributed by atoms with Crippen LogP contribution in [0.15, 0.2) is 193 Å². The third-order valence-corrected chi connectivity index (χ3v) is 9.92. The first kappa shape index (κ1) is 76.4. The van der Waals surface area contributed by atoms with Gasteiger partial charge >= 0.3 is 0 Å². The van der Waals surface area contributed by atoms with Crippen LogP contribution < -0.4 is 0 Å². The molecule has 3 heterocycles. The van der Waals surface area contributed by atoms with Gasteiger partial charge in [-0.15, -0.1) is 107 Å². The molecule has 0 amide bonds. The summed E-state index contributed by atoms with van der Waals surface area (Å²) in [5, 5.41) is 28.6. The fourth-order valence-corrected chi connectivity index (χ4v) is 6.99. The van der Waals surface area contributed by atoms with Crippen molar-refractivity contribution in [2.45, 2.75) is 91.5 Å². The van der Waals surface area contributed by atoms with Gasteiger partial charge < -0.3 is 15.3 Å². The van der Waals surface area contributed by atoms with E-state index in [9.17, 15) is 14.4 Å². The zero-order chi connectivity index (χ0) is 53.5. The number of aromatic nitrogens is 3. The smallest absolute Gasteiger partial charge is 0.155 e. The summed E-state index contributed by atoms with van der Waals surface area (Å²) in [7, 11) is 0. The Balaban J connectivity index is -0.000000906. The van der Waals surface area contributed by atoms with Crippen molar-refractivity contribution in [3.05, 3.63) is 234 Å². The number of allylic oxidation sites excluding steroid dienone is 6. The van der Waals surface area contributed by atoms with Crippen molar-refractivity contribution in [1.29, 1.82) is 0 Å². The van der Waals surface area contributed by atoms with E-state index in [1.54, 1.807) is 0 Å². The molecular formula is C67H74Ir3N3O6-3. The second kappa shape index (κ2) is 39.5. The number of aliphatic hydroxyl groups is 3. The van der Waals surface area contributed by atoms with Crippen LogP contribution in [0, 0.1) is 45.9 Å². The Bertz CT molecular complexity index is 3300. The van der Waals surface area contributed by atoms with E-state index in [4.69, 9.17) is 20.3 Å². The van der Waals surface area contributed by atoms with Gasteiger partial charge in [-0.05, 0) is 118 Å². The van der Waals surface area contributed by atoms with E-state index in [1.807, 2.05) is 78.9 Å². The Morgan fingerprint density at radius 2 is 0.734 bits per heavy atom. The average Bonchev–Trinajstić information content (AvgIpc) is 3.33. The van der Waals surface area contributed by atoms with Crippen molar-refractivity contribution in [2.24, 2.45) is 0 Å². The summed E-state index contributed by atoms with van der Waals surface area (Å²) >= 11 is 0. The van der Waals surface area contributed by atoms with Gasteiger partial charge in [0.2, 0.25) is 0 Å². The first-order valence-electron chi connectivity index (χ1n) is 23.5. The summed E-state index contributed by atoms with van der Waals surface area (Å²) in [6.07, 6.45) is 3.50. The van der Waals surface area contributed by atoms with Gasteiger partial charge in [-0.3, -0.25) is 29.3 Å². The number of aryl methyl sites for hydroxylation is 4. The summed E-state index contributed by atoms with van der Waals surface area (Å²) < 4.78 is 0. The molecule has 3 radical (unpaired) electrons. The van der Waals surface area contributed by atoms with E-state index in [-0.39, 0.29) is 117 Å². The van der Waals surface area contributed by atoms with Crippen LogP contribution in [0.2, 0.25) is 0 Å². The van der Waals surface area contributed by atoms with E-state index in [1.165, 1.54) is 92.6 Å². The molecule has 9 nitrogen and oxygen atoms in total. The maximum Gasteiger partial charge on any atom is 0.155 e. The van der Waals surface area contributed by atoms with Crippen molar-refractivity contribution in [2.75, 3.05) is 0 Å². The minimum Gasteiger partial charge on any atom is -0.512 e. The number of hydrogen-bond donors (Lipinski definition) is 3. The van der Waals surface area contributed by atoms with E-state index >= 15 is 0 Å². The van der Waals surface area contributed by atoms with Gasteiger partial charge in [-0.1, -0.05) is 115 Å². The van der Waals surface area contributed by atoms with Crippen molar-refractivity contribution in [3.63, 3.8) is 0 Å². The maximum atomic E-state index is 10.0. The number of hydrogen-bond acceptors (Lipinski definition) is 9. The van der Waals surface area contributed by atoms with Gasteiger partial charge in [0.1, 0.15) is 0 Å². The fourth-order valence-electron chi connectivity index (χ4n) is 6.99. The normalized spacial score (nSPS) is 10.1. The van der Waals surface area contributed by atoms with Gasteiger partial charge in [0, 0.05) is 78.5 Å². The molecule has 0 spiro atoms. The van der Waals surface area contributed by atoms with Crippen molar-refractivity contribution in [1.82, 2.24) is 15.0 Å². The summed E-state index contributed by atoms with van der Waals surface area (Å²) in [5.41, 5.74) is 14.1. The van der Waals surface area contributed by atoms with Crippen molar-refractivity contribution >= 4 is 50.1 Å². The van der Waals surface area contributed by atoms with Crippen LogP contribution in [0.25, 0.3) is 66.5 Å². The van der Waals surface area contributed by atoms with E-state index < -0.39 is 0 Å². The minimum atomic E-state index is -0.125. The second-order valence-electron chi connectivity index (χ2n) is 17.2. The third kappa shape index (κ3) is 28.5. The number of ketones is 3. The third-order valence-electron chi connectivity index (χ3n) is 9.92. The largest absolute Gasteiger partial charge is 0.512 e. The first-order chi connectivity index (χ1) is 34.8. The number of fused-ring (bicyclic) bond motifs is 3. The summed E-state index contributed by atoms with van der Waals surface area (Å²) in [5.74, 6) is -0.187. The molecule has 79 heavy (non-hydrogen) atoms. The van der Waals surface area contributed by atoms with Crippen LogP contribution in [-0.2, 0) is 74.7 Å². The molecule has 0 aliphatic heterocycles. The van der Waals surface area contributed by atoms with Crippen LogP contribution in [0.4, 0.5) is 0 Å². The monoisotopic (exact) mass is 1600 g/mol. The molecule has 6 aromatic carbocycles. The van der Waals surface area contributed by atoms with Crippen molar-refractivity contribution < 1.29 is 90.0 Å². The Labute approximate surface area is 510 Å². The molecule has 0 aliphatic rings. The topological polar surface area (TPSA) is 151 Å². The predicted molar refractivity (Wildman–Crippen MR) is 318 cm³/mol. The van der Waals surface area contributed by atoms with Crippen LogP contribution in [0.1, 0.15) is 86.1 Å². The molecule has 3 N–H and O–H groups in total. The molecule has 9 aromatic rings. The number of rotatable bonds is 6. The predicted octanol–water partition coefficient (Wildman–Crippen LogP) is 17.4. The molecule has 9 rings (SSSR count). The van der Waals surface area contributed by atoms with Crippen molar-refractivity contribution in [3.8, 4) is 33.8 Å². The molecule has 0 fully saturated rings. The maximum absolute atomic E-state index is 10.0. The van der Waals surface area contributed by atoms with E-state index in [2.05, 4.69) is 135 Å². The summed E-state index contributed by atoms with van der Waals surface area (Å²) in [6, 6.07) is 63.2. The van der Waals surface area contributed by atoms with Gasteiger partial charge in [-0.2, -0.15) is 0 Å². The quantitative estimate of drug-likeness (QED) is 0.0840. The summed E-state index contributed by atoms with van der Waals surface area (Å²) in [6.45, 7) is 16.9. The number of aliphatic hydroxyl groups excluding tert-OH is 3. The molecule has 0 saturated heterocycles. The minimum absolute atomic E-state index is 0.